The van der Waals surface area contributed by atoms with Crippen LogP contribution in [0.1, 0.15) is 43.9 Å². The maximum atomic E-state index is 11.4. The number of rotatable bonds is 8. The van der Waals surface area contributed by atoms with Gasteiger partial charge in [-0.1, -0.05) is 29.8 Å². The van der Waals surface area contributed by atoms with Gasteiger partial charge in [0.1, 0.15) is 0 Å². The summed E-state index contributed by atoms with van der Waals surface area (Å²) >= 11 is 6.11. The van der Waals surface area contributed by atoms with E-state index in [1.807, 2.05) is 50.2 Å². The zero-order valence-corrected chi connectivity index (χ0v) is 17.7. The first-order valence-corrected chi connectivity index (χ1v) is 10.5. The zero-order valence-electron chi connectivity index (χ0n) is 16.9. The second-order valence-electron chi connectivity index (χ2n) is 7.17. The van der Waals surface area contributed by atoms with Crippen molar-refractivity contribution >= 4 is 17.6 Å². The second kappa shape index (κ2) is 9.99. The average molecular weight is 418 g/mol. The molecule has 1 aliphatic rings. The highest BCUT2D eigenvalue weighted by molar-refractivity contribution is 6.30. The Morgan fingerprint density at radius 2 is 1.62 bits per heavy atom. The molecular formula is C23H28ClNO4. The number of aliphatic carboxylic acids is 1. The van der Waals surface area contributed by atoms with E-state index in [0.717, 1.165) is 35.7 Å². The van der Waals surface area contributed by atoms with E-state index in [0.29, 0.717) is 31.1 Å². The number of hydrogen-bond donors (Lipinski definition) is 1. The summed E-state index contributed by atoms with van der Waals surface area (Å²) in [6.45, 7) is 6.48. The molecule has 0 aromatic heterocycles. The molecule has 2 aromatic carbocycles. The Balaban J connectivity index is 1.96. The van der Waals surface area contributed by atoms with Crippen molar-refractivity contribution in [3.63, 3.8) is 0 Å². The predicted molar refractivity (Wildman–Crippen MR) is 114 cm³/mol. The van der Waals surface area contributed by atoms with Crippen LogP contribution in [0.3, 0.4) is 0 Å². The summed E-state index contributed by atoms with van der Waals surface area (Å²) in [4.78, 5) is 13.7. The first kappa shape index (κ1) is 21.5. The van der Waals surface area contributed by atoms with Crippen LogP contribution in [0.25, 0.3) is 0 Å². The molecule has 1 N–H and O–H groups in total. The van der Waals surface area contributed by atoms with Crippen LogP contribution in [0.15, 0.2) is 42.5 Å². The lowest BCUT2D eigenvalue weighted by molar-refractivity contribution is -0.143. The summed E-state index contributed by atoms with van der Waals surface area (Å²) in [6.07, 6.45) is 1.30. The summed E-state index contributed by atoms with van der Waals surface area (Å²) in [7, 11) is 0. The molecule has 3 rings (SSSR count). The Labute approximate surface area is 177 Å². The van der Waals surface area contributed by atoms with Gasteiger partial charge in [0.15, 0.2) is 11.5 Å². The fourth-order valence-corrected chi connectivity index (χ4v) is 4.03. The molecule has 1 atom stereocenters. The molecule has 0 aliphatic carbocycles. The molecule has 156 valence electrons. The summed E-state index contributed by atoms with van der Waals surface area (Å²) in [5, 5.41) is 10.0. The third-order valence-electron chi connectivity index (χ3n) is 5.31. The highest BCUT2D eigenvalue weighted by atomic mass is 35.5. The largest absolute Gasteiger partial charge is 0.490 e. The quantitative estimate of drug-likeness (QED) is 0.653. The first-order chi connectivity index (χ1) is 14.0. The van der Waals surface area contributed by atoms with E-state index in [-0.39, 0.29) is 12.0 Å². The van der Waals surface area contributed by atoms with Gasteiger partial charge in [-0.05, 0) is 75.2 Å². The minimum atomic E-state index is -0.701. The van der Waals surface area contributed by atoms with E-state index in [4.69, 9.17) is 21.1 Å². The lowest BCUT2D eigenvalue weighted by Gasteiger charge is -2.37. The number of carbonyl (C=O) groups is 1. The lowest BCUT2D eigenvalue weighted by Crippen LogP contribution is -2.39. The summed E-state index contributed by atoms with van der Waals surface area (Å²) in [6, 6.07) is 13.9. The van der Waals surface area contributed by atoms with Gasteiger partial charge in [-0.3, -0.25) is 9.69 Å². The van der Waals surface area contributed by atoms with Gasteiger partial charge < -0.3 is 14.6 Å². The number of piperidine rings is 1. The third-order valence-corrected chi connectivity index (χ3v) is 5.56. The van der Waals surface area contributed by atoms with Crippen molar-refractivity contribution in [2.75, 3.05) is 26.3 Å². The van der Waals surface area contributed by atoms with Crippen molar-refractivity contribution < 1.29 is 19.4 Å². The van der Waals surface area contributed by atoms with E-state index in [2.05, 4.69) is 11.0 Å². The van der Waals surface area contributed by atoms with E-state index >= 15 is 0 Å². The fourth-order valence-electron chi connectivity index (χ4n) is 3.90. The topological polar surface area (TPSA) is 59.0 Å². The Kier molecular flexibility index (Phi) is 7.40. The molecule has 0 amide bonds. The van der Waals surface area contributed by atoms with Crippen LogP contribution in [0.5, 0.6) is 11.5 Å². The van der Waals surface area contributed by atoms with Gasteiger partial charge in [0.05, 0.1) is 25.2 Å². The van der Waals surface area contributed by atoms with Crippen LogP contribution < -0.4 is 9.47 Å². The van der Waals surface area contributed by atoms with Crippen molar-refractivity contribution in [3.8, 4) is 11.5 Å². The fraction of sp³-hybridized carbons (Fsp3) is 0.435. The second-order valence-corrected chi connectivity index (χ2v) is 7.61. The number of carboxylic acids is 1. The van der Waals surface area contributed by atoms with Crippen molar-refractivity contribution in [2.24, 2.45) is 5.92 Å². The van der Waals surface area contributed by atoms with Gasteiger partial charge >= 0.3 is 5.97 Å². The van der Waals surface area contributed by atoms with Crippen LogP contribution in [-0.4, -0.2) is 42.3 Å². The summed E-state index contributed by atoms with van der Waals surface area (Å²) in [5.41, 5.74) is 2.21. The van der Waals surface area contributed by atoms with Gasteiger partial charge in [-0.15, -0.1) is 0 Å². The molecule has 0 spiro atoms. The number of carboxylic acid groups (broad SMARTS) is 1. The van der Waals surface area contributed by atoms with Gasteiger partial charge in [-0.25, -0.2) is 0 Å². The van der Waals surface area contributed by atoms with E-state index in [1.165, 1.54) is 0 Å². The third kappa shape index (κ3) is 5.22. The molecule has 1 aliphatic heterocycles. The summed E-state index contributed by atoms with van der Waals surface area (Å²) < 4.78 is 11.5. The molecule has 0 radical (unpaired) electrons. The van der Waals surface area contributed by atoms with Gasteiger partial charge in [-0.2, -0.15) is 0 Å². The predicted octanol–water partition coefficient (Wildman–Crippen LogP) is 5.02. The first-order valence-electron chi connectivity index (χ1n) is 10.1. The van der Waals surface area contributed by atoms with Crippen molar-refractivity contribution in [1.29, 1.82) is 0 Å². The normalized spacial score (nSPS) is 16.4. The highest BCUT2D eigenvalue weighted by Gasteiger charge is 2.30. The molecule has 5 nitrogen and oxygen atoms in total. The molecule has 1 unspecified atom stereocenters. The SMILES string of the molecule is CCOc1ccc(C(c2ccc(Cl)cc2)N2CCC(C(=O)O)CC2)cc1OCC. The van der Waals surface area contributed by atoms with Crippen molar-refractivity contribution in [1.82, 2.24) is 4.90 Å². The molecule has 2 aromatic rings. The maximum Gasteiger partial charge on any atom is 0.306 e. The van der Waals surface area contributed by atoms with Gasteiger partial charge in [0.25, 0.3) is 0 Å². The molecule has 6 heteroatoms. The number of benzene rings is 2. The summed E-state index contributed by atoms with van der Waals surface area (Å²) in [5.74, 6) is 0.493. The molecule has 0 bridgehead atoms. The van der Waals surface area contributed by atoms with Crippen LogP contribution in [0.2, 0.25) is 5.02 Å². The Morgan fingerprint density at radius 1 is 1.03 bits per heavy atom. The van der Waals surface area contributed by atoms with Gasteiger partial charge in [0, 0.05) is 5.02 Å². The van der Waals surface area contributed by atoms with E-state index in [9.17, 15) is 9.90 Å². The highest BCUT2D eigenvalue weighted by Crippen LogP contribution is 2.37. The van der Waals surface area contributed by atoms with Gasteiger partial charge in [0.2, 0.25) is 0 Å². The molecule has 1 heterocycles. The Hall–Kier alpha value is -2.24. The minimum absolute atomic E-state index is 0.00288. The number of likely N-dealkylation sites (tertiary alicyclic amines) is 1. The van der Waals surface area contributed by atoms with Crippen LogP contribution in [0.4, 0.5) is 0 Å². The van der Waals surface area contributed by atoms with E-state index in [1.54, 1.807) is 0 Å². The minimum Gasteiger partial charge on any atom is -0.490 e. The smallest absolute Gasteiger partial charge is 0.306 e. The monoisotopic (exact) mass is 417 g/mol. The van der Waals surface area contributed by atoms with E-state index < -0.39 is 5.97 Å². The molecule has 0 saturated carbocycles. The number of hydrogen-bond acceptors (Lipinski definition) is 4. The molecule has 1 fully saturated rings. The lowest BCUT2D eigenvalue weighted by atomic mass is 9.91. The maximum absolute atomic E-state index is 11.4. The Morgan fingerprint density at radius 3 is 2.21 bits per heavy atom. The zero-order chi connectivity index (χ0) is 20.8. The molecule has 1 saturated heterocycles. The van der Waals surface area contributed by atoms with Crippen LogP contribution >= 0.6 is 11.6 Å². The standard InChI is InChI=1S/C23H28ClNO4/c1-3-28-20-10-7-18(15-21(20)29-4-2)22(16-5-8-19(24)9-6-16)25-13-11-17(12-14-25)23(26)27/h5-10,15,17,22H,3-4,11-14H2,1-2H3,(H,26,27). The van der Waals surface area contributed by atoms with Crippen molar-refractivity contribution in [3.05, 3.63) is 58.6 Å². The number of nitrogens with zero attached hydrogens (tertiary/aromatic N) is 1. The number of halogens is 1. The van der Waals surface area contributed by atoms with Crippen molar-refractivity contribution in [2.45, 2.75) is 32.7 Å². The van der Waals surface area contributed by atoms with Crippen LogP contribution in [0, 0.1) is 5.92 Å². The average Bonchev–Trinajstić information content (AvgIpc) is 2.72. The molecule has 29 heavy (non-hydrogen) atoms. The number of ether oxygens (including phenoxy) is 2. The molecular weight excluding hydrogens is 390 g/mol. The van der Waals surface area contributed by atoms with Crippen LogP contribution in [-0.2, 0) is 4.79 Å². The Bertz CT molecular complexity index is 816.